The molecule has 1 saturated carbocycles. The van der Waals surface area contributed by atoms with Crippen LogP contribution in [0, 0.1) is 18.3 Å². The number of methoxy groups -OCH3 is 1. The van der Waals surface area contributed by atoms with E-state index in [4.69, 9.17) is 23.5 Å². The van der Waals surface area contributed by atoms with Gasteiger partial charge in [0.15, 0.2) is 5.65 Å². The molecular weight excluding hydrogens is 649 g/mol. The summed E-state index contributed by atoms with van der Waals surface area (Å²) in [4.78, 5) is 18.0. The molecule has 0 bridgehead atoms. The van der Waals surface area contributed by atoms with E-state index < -0.39 is 54.3 Å². The Morgan fingerprint density at radius 1 is 1.17 bits per heavy atom. The zero-order chi connectivity index (χ0) is 33.8. The summed E-state index contributed by atoms with van der Waals surface area (Å²) in [6.45, 7) is 1.74. The summed E-state index contributed by atoms with van der Waals surface area (Å²) < 4.78 is 92.2. The van der Waals surface area contributed by atoms with Crippen molar-refractivity contribution in [2.75, 3.05) is 7.11 Å². The molecule has 4 aromatic rings. The summed E-state index contributed by atoms with van der Waals surface area (Å²) >= 11 is 0. The van der Waals surface area contributed by atoms with Crippen LogP contribution in [0.5, 0.6) is 0 Å². The number of alkyl halides is 5. The second-order valence-corrected chi connectivity index (χ2v) is 12.8. The number of fused-ring (bicyclic) bond motifs is 1. The maximum atomic E-state index is 14.1. The number of hydrogen-bond acceptors (Lipinski definition) is 12. The van der Waals surface area contributed by atoms with Gasteiger partial charge in [0.1, 0.15) is 36.4 Å². The lowest BCUT2D eigenvalue weighted by molar-refractivity contribution is -0.155. The van der Waals surface area contributed by atoms with Crippen molar-refractivity contribution in [1.29, 1.82) is 0 Å². The minimum absolute atomic E-state index is 0.00123. The van der Waals surface area contributed by atoms with Gasteiger partial charge >= 0.3 is 6.18 Å². The van der Waals surface area contributed by atoms with Crippen LogP contribution in [0.2, 0.25) is 0 Å². The molecule has 2 saturated heterocycles. The van der Waals surface area contributed by atoms with Gasteiger partial charge in [-0.15, -0.1) is 10.2 Å². The highest BCUT2D eigenvalue weighted by Gasteiger charge is 2.56. The van der Waals surface area contributed by atoms with Gasteiger partial charge < -0.3 is 19.2 Å². The number of epoxide rings is 1. The Hall–Kier alpha value is -4.10. The molecule has 1 aliphatic carbocycles. The Bertz CT molecular complexity index is 1780. The first-order valence-corrected chi connectivity index (χ1v) is 15.4. The van der Waals surface area contributed by atoms with Gasteiger partial charge in [-0.2, -0.15) is 18.3 Å². The smallest absolute Gasteiger partial charge is 0.408 e. The topological polar surface area (TPSA) is 171 Å². The fourth-order valence-corrected chi connectivity index (χ4v) is 6.79. The Balaban J connectivity index is 1.16. The third kappa shape index (κ3) is 6.49. The van der Waals surface area contributed by atoms with E-state index in [9.17, 15) is 26.7 Å². The third-order valence-corrected chi connectivity index (χ3v) is 9.33. The standard InChI is InChI=1S/C29H32F5N9O5/c1-14-22(42-48-41-14)24-25(47-24)38-23(16-3-5-28(30,31)6-4-16)17-12-43-19(36-17)7-15(11-35-43)8-27(9-18(29(32,33)34)37-26(27)44)10-20-39-40-21(46-20)13-45-2/h7,11-12,16,18,23-25,38H,3-6,8-10,13H2,1-2H3,(H,37,44)/t18-,23-,24?,25?,27-/m0/s1. The molecule has 19 heteroatoms. The van der Waals surface area contributed by atoms with Crippen molar-refractivity contribution in [3.63, 3.8) is 0 Å². The molecule has 2 aliphatic heterocycles. The average molecular weight is 682 g/mol. The maximum absolute atomic E-state index is 14.1. The summed E-state index contributed by atoms with van der Waals surface area (Å²) in [6.07, 6.45) is -3.37. The number of amides is 1. The van der Waals surface area contributed by atoms with Crippen molar-refractivity contribution in [2.24, 2.45) is 11.3 Å². The maximum Gasteiger partial charge on any atom is 0.408 e. The zero-order valence-electron chi connectivity index (χ0n) is 25.8. The second kappa shape index (κ2) is 12.1. The summed E-state index contributed by atoms with van der Waals surface area (Å²) in [6, 6.07) is -0.899. The number of ether oxygens (including phenoxy) is 2. The van der Waals surface area contributed by atoms with E-state index in [1.165, 1.54) is 17.8 Å². The number of nitrogens with zero attached hydrogens (tertiary/aromatic N) is 7. The first kappa shape index (κ1) is 32.4. The lowest BCUT2D eigenvalue weighted by atomic mass is 9.76. The molecule has 258 valence electrons. The van der Waals surface area contributed by atoms with Crippen LogP contribution < -0.4 is 10.6 Å². The third-order valence-electron chi connectivity index (χ3n) is 9.33. The van der Waals surface area contributed by atoms with E-state index >= 15 is 0 Å². The minimum atomic E-state index is -4.66. The van der Waals surface area contributed by atoms with E-state index in [1.807, 2.05) is 0 Å². The molecule has 1 amide bonds. The van der Waals surface area contributed by atoms with E-state index in [-0.39, 0.29) is 62.8 Å². The van der Waals surface area contributed by atoms with Crippen LogP contribution in [-0.4, -0.2) is 72.5 Å². The molecule has 7 rings (SSSR count). The summed E-state index contributed by atoms with van der Waals surface area (Å²) in [7, 11) is 1.42. The number of rotatable bonds is 11. The van der Waals surface area contributed by atoms with Crippen molar-refractivity contribution in [3.05, 3.63) is 52.9 Å². The Labute approximate surface area is 269 Å². The molecule has 3 fully saturated rings. The van der Waals surface area contributed by atoms with Gasteiger partial charge in [-0.3, -0.25) is 10.1 Å². The van der Waals surface area contributed by atoms with E-state index in [0.717, 1.165) is 0 Å². The molecule has 0 radical (unpaired) electrons. The lowest BCUT2D eigenvalue weighted by Crippen LogP contribution is -2.39. The van der Waals surface area contributed by atoms with Gasteiger partial charge in [0, 0.05) is 26.4 Å². The van der Waals surface area contributed by atoms with E-state index in [2.05, 4.69) is 36.2 Å². The van der Waals surface area contributed by atoms with Gasteiger partial charge in [-0.25, -0.2) is 22.9 Å². The Morgan fingerprint density at radius 2 is 1.94 bits per heavy atom. The van der Waals surface area contributed by atoms with Gasteiger partial charge in [-0.05, 0) is 50.2 Å². The predicted molar refractivity (Wildman–Crippen MR) is 150 cm³/mol. The van der Waals surface area contributed by atoms with E-state index in [1.54, 1.807) is 19.2 Å². The zero-order valence-corrected chi connectivity index (χ0v) is 25.8. The first-order valence-electron chi connectivity index (χ1n) is 15.4. The molecular formula is C29H32F5N9O5. The van der Waals surface area contributed by atoms with Crippen LogP contribution in [0.15, 0.2) is 27.5 Å². The van der Waals surface area contributed by atoms with Crippen molar-refractivity contribution < 1.29 is 45.3 Å². The molecule has 2 N–H and O–H groups in total. The molecule has 4 aromatic heterocycles. The summed E-state index contributed by atoms with van der Waals surface area (Å²) in [5, 5.41) is 25.4. The summed E-state index contributed by atoms with van der Waals surface area (Å²) in [5.41, 5.74) is 0.887. The molecule has 14 nitrogen and oxygen atoms in total. The number of imidazole rings is 1. The SMILES string of the molecule is COCc1nnc(C[C@]2(Cc3cnn4cc([C@@H](NC5OC5c5nonc5C)C5CCC(F)(F)CC5)nc4c3)C[C@@H](C(F)(F)F)NC2=O)o1. The number of carbonyl (C=O) groups excluding carboxylic acids is 1. The normalized spacial score (nSPS) is 26.6. The van der Waals surface area contributed by atoms with Crippen LogP contribution in [0.25, 0.3) is 5.65 Å². The fraction of sp³-hybridized carbons (Fsp3) is 0.621. The number of carbonyl (C=O) groups is 1. The van der Waals surface area contributed by atoms with Crippen LogP contribution in [-0.2, 0) is 33.7 Å². The molecule has 3 aliphatic rings. The molecule has 6 heterocycles. The molecule has 0 spiro atoms. The first-order chi connectivity index (χ1) is 22.8. The Morgan fingerprint density at radius 3 is 2.62 bits per heavy atom. The van der Waals surface area contributed by atoms with Gasteiger partial charge in [-0.1, -0.05) is 10.3 Å². The predicted octanol–water partition coefficient (Wildman–Crippen LogP) is 3.73. The van der Waals surface area contributed by atoms with Crippen molar-refractivity contribution in [2.45, 2.75) is 95.0 Å². The van der Waals surface area contributed by atoms with Crippen LogP contribution in [0.4, 0.5) is 22.0 Å². The molecule has 0 aromatic carbocycles. The van der Waals surface area contributed by atoms with Crippen LogP contribution in [0.1, 0.15) is 78.7 Å². The molecule has 2 unspecified atom stereocenters. The minimum Gasteiger partial charge on any atom is -0.423 e. The number of hydrogen-bond donors (Lipinski definition) is 2. The average Bonchev–Trinajstić information content (AvgIpc) is 3.40. The largest absolute Gasteiger partial charge is 0.423 e. The highest BCUT2D eigenvalue weighted by molar-refractivity contribution is 5.86. The van der Waals surface area contributed by atoms with E-state index in [0.29, 0.717) is 28.3 Å². The van der Waals surface area contributed by atoms with Crippen molar-refractivity contribution >= 4 is 11.6 Å². The summed E-state index contributed by atoms with van der Waals surface area (Å²) in [5.74, 6) is -3.60. The number of aromatic nitrogens is 7. The highest BCUT2D eigenvalue weighted by atomic mass is 19.4. The highest BCUT2D eigenvalue weighted by Crippen LogP contribution is 2.45. The van der Waals surface area contributed by atoms with Crippen LogP contribution >= 0.6 is 0 Å². The molecule has 5 atom stereocenters. The quantitative estimate of drug-likeness (QED) is 0.174. The number of aryl methyl sites for hydroxylation is 1. The van der Waals surface area contributed by atoms with Crippen molar-refractivity contribution in [1.82, 2.24) is 45.7 Å². The second-order valence-electron chi connectivity index (χ2n) is 12.8. The number of halogens is 5. The number of nitrogens with one attached hydrogen (secondary N) is 2. The van der Waals surface area contributed by atoms with Crippen LogP contribution in [0.3, 0.4) is 0 Å². The monoisotopic (exact) mass is 681 g/mol. The fourth-order valence-electron chi connectivity index (χ4n) is 6.79. The van der Waals surface area contributed by atoms with Gasteiger partial charge in [0.2, 0.25) is 23.6 Å². The lowest BCUT2D eigenvalue weighted by Gasteiger charge is -2.33. The van der Waals surface area contributed by atoms with Crippen molar-refractivity contribution in [3.8, 4) is 0 Å². The van der Waals surface area contributed by atoms with Gasteiger partial charge in [0.05, 0.1) is 29.5 Å². The van der Waals surface area contributed by atoms with Gasteiger partial charge in [0.25, 0.3) is 0 Å². The Kier molecular flexibility index (Phi) is 8.18. The molecule has 48 heavy (non-hydrogen) atoms.